The maximum atomic E-state index is 13.4. The smallest absolute Gasteiger partial charge is 0.263 e. The first kappa shape index (κ1) is 13.2. The van der Waals surface area contributed by atoms with Crippen LogP contribution in [-0.4, -0.2) is 15.1 Å². The summed E-state index contributed by atoms with van der Waals surface area (Å²) in [5.41, 5.74) is 3.43. The lowest BCUT2D eigenvalue weighted by Crippen LogP contribution is -2.18. The van der Waals surface area contributed by atoms with Crippen molar-refractivity contribution in [3.05, 3.63) is 47.2 Å². The van der Waals surface area contributed by atoms with Crippen molar-refractivity contribution in [1.29, 1.82) is 0 Å². The number of fused-ring (bicyclic) bond motifs is 2. The Labute approximate surface area is 126 Å². The van der Waals surface area contributed by atoms with Crippen LogP contribution in [0.25, 0.3) is 11.1 Å². The molecule has 0 aliphatic heterocycles. The number of aromatic nitrogens is 3. The number of benzene rings is 1. The number of anilines is 1. The van der Waals surface area contributed by atoms with E-state index in [1.54, 1.807) is 6.07 Å². The number of hydrogen-bond donors (Lipinski definition) is 1. The molecule has 0 bridgehead atoms. The minimum Gasteiger partial charge on any atom is -0.362 e. The summed E-state index contributed by atoms with van der Waals surface area (Å²) in [6.45, 7) is 1.87. The molecule has 2 aromatic heterocycles. The van der Waals surface area contributed by atoms with Gasteiger partial charge < -0.3 is 9.84 Å². The minimum atomic E-state index is -0.182. The van der Waals surface area contributed by atoms with E-state index >= 15 is 0 Å². The standard InChI is InChI=1S/C16H15FN4O/c1-9-14-15(18-8-19-16(14)22-21-9)20-13-4-2-3-10-7-11(17)5-6-12(10)13/h5-8,13H,2-4H2,1H3,(H,18,19,20). The van der Waals surface area contributed by atoms with E-state index in [2.05, 4.69) is 20.4 Å². The molecule has 1 aromatic carbocycles. The number of rotatable bonds is 2. The third-order valence-corrected chi connectivity index (χ3v) is 4.17. The van der Waals surface area contributed by atoms with Gasteiger partial charge in [-0.3, -0.25) is 0 Å². The zero-order chi connectivity index (χ0) is 15.1. The molecule has 0 saturated carbocycles. The Morgan fingerprint density at radius 3 is 3.14 bits per heavy atom. The van der Waals surface area contributed by atoms with Gasteiger partial charge in [-0.05, 0) is 49.4 Å². The highest BCUT2D eigenvalue weighted by molar-refractivity contribution is 5.87. The second-order valence-electron chi connectivity index (χ2n) is 5.60. The molecule has 1 aliphatic rings. The van der Waals surface area contributed by atoms with Crippen LogP contribution < -0.4 is 5.32 Å². The second-order valence-corrected chi connectivity index (χ2v) is 5.60. The Morgan fingerprint density at radius 1 is 1.32 bits per heavy atom. The van der Waals surface area contributed by atoms with Gasteiger partial charge in [-0.1, -0.05) is 11.2 Å². The Hall–Kier alpha value is -2.50. The van der Waals surface area contributed by atoms with E-state index in [1.165, 1.54) is 12.4 Å². The average Bonchev–Trinajstić information content (AvgIpc) is 2.90. The molecule has 3 aromatic rings. The van der Waals surface area contributed by atoms with Crippen LogP contribution in [0.2, 0.25) is 0 Å². The Morgan fingerprint density at radius 2 is 2.23 bits per heavy atom. The summed E-state index contributed by atoms with van der Waals surface area (Å²) >= 11 is 0. The van der Waals surface area contributed by atoms with E-state index in [9.17, 15) is 4.39 Å². The Bertz CT molecular complexity index is 845. The van der Waals surface area contributed by atoms with Crippen LogP contribution in [0.4, 0.5) is 10.2 Å². The third kappa shape index (κ3) is 2.11. The van der Waals surface area contributed by atoms with Gasteiger partial charge in [0.15, 0.2) is 0 Å². The zero-order valence-electron chi connectivity index (χ0n) is 12.1. The molecular formula is C16H15FN4O. The number of hydrogen-bond acceptors (Lipinski definition) is 5. The summed E-state index contributed by atoms with van der Waals surface area (Å²) in [6.07, 6.45) is 4.37. The highest BCUT2D eigenvalue weighted by Gasteiger charge is 2.22. The van der Waals surface area contributed by atoms with E-state index in [1.807, 2.05) is 13.0 Å². The summed E-state index contributed by atoms with van der Waals surface area (Å²) in [7, 11) is 0. The SMILES string of the molecule is Cc1noc2ncnc(NC3CCCc4cc(F)ccc43)c12. The molecule has 2 heterocycles. The molecule has 0 saturated heterocycles. The largest absolute Gasteiger partial charge is 0.362 e. The van der Waals surface area contributed by atoms with Gasteiger partial charge in [-0.25, -0.2) is 9.37 Å². The predicted molar refractivity (Wildman–Crippen MR) is 80.0 cm³/mol. The van der Waals surface area contributed by atoms with Gasteiger partial charge in [0.1, 0.15) is 23.3 Å². The lowest BCUT2D eigenvalue weighted by Gasteiger charge is -2.27. The molecule has 1 unspecified atom stereocenters. The molecule has 0 spiro atoms. The van der Waals surface area contributed by atoms with Crippen LogP contribution in [0.1, 0.15) is 35.7 Å². The second kappa shape index (κ2) is 5.05. The van der Waals surface area contributed by atoms with Crippen molar-refractivity contribution >= 4 is 16.9 Å². The van der Waals surface area contributed by atoms with Crippen LogP contribution in [0.5, 0.6) is 0 Å². The van der Waals surface area contributed by atoms with Gasteiger partial charge in [0.05, 0.1) is 11.7 Å². The Balaban J connectivity index is 1.74. The molecule has 1 atom stereocenters. The lowest BCUT2D eigenvalue weighted by atomic mass is 9.87. The van der Waals surface area contributed by atoms with Crippen LogP contribution >= 0.6 is 0 Å². The van der Waals surface area contributed by atoms with Crippen molar-refractivity contribution in [1.82, 2.24) is 15.1 Å². The molecule has 6 heteroatoms. The lowest BCUT2D eigenvalue weighted by molar-refractivity contribution is 0.442. The van der Waals surface area contributed by atoms with Gasteiger partial charge in [-0.15, -0.1) is 0 Å². The van der Waals surface area contributed by atoms with Crippen molar-refractivity contribution in [3.63, 3.8) is 0 Å². The van der Waals surface area contributed by atoms with E-state index < -0.39 is 0 Å². The van der Waals surface area contributed by atoms with E-state index in [4.69, 9.17) is 4.52 Å². The normalized spacial score (nSPS) is 17.5. The third-order valence-electron chi connectivity index (χ3n) is 4.17. The monoisotopic (exact) mass is 298 g/mol. The predicted octanol–water partition coefficient (Wildman–Crippen LogP) is 3.55. The summed E-state index contributed by atoms with van der Waals surface area (Å²) in [5.74, 6) is 0.532. The maximum Gasteiger partial charge on any atom is 0.263 e. The van der Waals surface area contributed by atoms with Gasteiger partial charge >= 0.3 is 0 Å². The average molecular weight is 298 g/mol. The molecule has 1 aliphatic carbocycles. The molecule has 1 N–H and O–H groups in total. The van der Waals surface area contributed by atoms with E-state index in [-0.39, 0.29) is 11.9 Å². The quantitative estimate of drug-likeness (QED) is 0.783. The molecule has 22 heavy (non-hydrogen) atoms. The topological polar surface area (TPSA) is 63.8 Å². The summed E-state index contributed by atoms with van der Waals surface area (Å²) < 4.78 is 18.6. The summed E-state index contributed by atoms with van der Waals surface area (Å²) in [5, 5.41) is 8.19. The van der Waals surface area contributed by atoms with Gasteiger partial charge in [0.25, 0.3) is 5.71 Å². The van der Waals surface area contributed by atoms with Crippen LogP contribution in [0.15, 0.2) is 29.0 Å². The first-order valence-electron chi connectivity index (χ1n) is 7.34. The van der Waals surface area contributed by atoms with Crippen molar-refractivity contribution in [2.24, 2.45) is 0 Å². The zero-order valence-corrected chi connectivity index (χ0v) is 12.1. The van der Waals surface area contributed by atoms with Crippen molar-refractivity contribution < 1.29 is 8.91 Å². The molecule has 0 fully saturated rings. The summed E-state index contributed by atoms with van der Waals surface area (Å²) in [4.78, 5) is 8.41. The fourth-order valence-corrected chi connectivity index (χ4v) is 3.13. The van der Waals surface area contributed by atoms with Gasteiger partial charge in [0, 0.05) is 0 Å². The van der Waals surface area contributed by atoms with Crippen molar-refractivity contribution in [2.75, 3.05) is 5.32 Å². The van der Waals surface area contributed by atoms with E-state index in [0.717, 1.165) is 41.5 Å². The summed E-state index contributed by atoms with van der Waals surface area (Å²) in [6, 6.07) is 5.11. The molecule has 4 rings (SSSR count). The molecule has 112 valence electrons. The van der Waals surface area contributed by atoms with Gasteiger partial charge in [-0.2, -0.15) is 4.98 Å². The number of halogens is 1. The molecular weight excluding hydrogens is 283 g/mol. The maximum absolute atomic E-state index is 13.4. The first-order chi connectivity index (χ1) is 10.7. The van der Waals surface area contributed by atoms with Crippen LogP contribution in [0.3, 0.4) is 0 Å². The van der Waals surface area contributed by atoms with Crippen molar-refractivity contribution in [2.45, 2.75) is 32.2 Å². The van der Waals surface area contributed by atoms with Gasteiger partial charge in [0.2, 0.25) is 0 Å². The fourth-order valence-electron chi connectivity index (χ4n) is 3.13. The van der Waals surface area contributed by atoms with Crippen LogP contribution in [0, 0.1) is 12.7 Å². The highest BCUT2D eigenvalue weighted by Crippen LogP contribution is 2.34. The molecule has 0 radical (unpaired) electrons. The molecule has 0 amide bonds. The fraction of sp³-hybridized carbons (Fsp3) is 0.312. The number of nitrogens with one attached hydrogen (secondary N) is 1. The number of nitrogens with zero attached hydrogens (tertiary/aromatic N) is 3. The first-order valence-corrected chi connectivity index (χ1v) is 7.34. The Kier molecular flexibility index (Phi) is 3.03. The number of aryl methyl sites for hydroxylation is 2. The highest BCUT2D eigenvalue weighted by atomic mass is 19.1. The van der Waals surface area contributed by atoms with Crippen LogP contribution in [-0.2, 0) is 6.42 Å². The minimum absolute atomic E-state index is 0.108. The van der Waals surface area contributed by atoms with Crippen molar-refractivity contribution in [3.8, 4) is 0 Å². The van der Waals surface area contributed by atoms with E-state index in [0.29, 0.717) is 11.5 Å². The molecule has 5 nitrogen and oxygen atoms in total.